The zero-order valence-corrected chi connectivity index (χ0v) is 16.7. The van der Waals surface area contributed by atoms with Crippen LogP contribution in [0, 0.1) is 13.8 Å². The van der Waals surface area contributed by atoms with Gasteiger partial charge in [-0.3, -0.25) is 4.79 Å². The van der Waals surface area contributed by atoms with Gasteiger partial charge in [-0.15, -0.1) is 0 Å². The molecule has 2 aromatic rings. The number of halogens is 1. The Balaban J connectivity index is 1.89. The smallest absolute Gasteiger partial charge is 0.255 e. The summed E-state index contributed by atoms with van der Waals surface area (Å²) in [5.74, 6) is -0.393. The molecule has 0 spiro atoms. The molecule has 1 aliphatic heterocycles. The maximum atomic E-state index is 12.9. The van der Waals surface area contributed by atoms with Crippen LogP contribution in [0.5, 0.6) is 0 Å². The molecule has 1 saturated heterocycles. The molecule has 0 aromatic heterocycles. The van der Waals surface area contributed by atoms with Crippen molar-refractivity contribution >= 4 is 33.2 Å². The largest absolute Gasteiger partial charge is 0.379 e. The first-order valence-electron chi connectivity index (χ1n) is 8.54. The number of nitrogens with zero attached hydrogens (tertiary/aromatic N) is 1. The number of carbonyl (C=O) groups excluding carboxylic acids is 1. The van der Waals surface area contributed by atoms with Crippen molar-refractivity contribution in [3.63, 3.8) is 0 Å². The maximum absolute atomic E-state index is 12.9. The second-order valence-electron chi connectivity index (χ2n) is 6.49. The number of benzene rings is 2. The third-order valence-electron chi connectivity index (χ3n) is 4.26. The summed E-state index contributed by atoms with van der Waals surface area (Å²) < 4.78 is 32.3. The Morgan fingerprint density at radius 3 is 2.33 bits per heavy atom. The molecule has 0 bridgehead atoms. The van der Waals surface area contributed by atoms with Crippen LogP contribution in [0.15, 0.2) is 41.3 Å². The van der Waals surface area contributed by atoms with Gasteiger partial charge in [-0.1, -0.05) is 17.7 Å². The quantitative estimate of drug-likeness (QED) is 0.842. The predicted octanol–water partition coefficient (Wildman–Crippen LogP) is 3.23. The fourth-order valence-corrected chi connectivity index (χ4v) is 4.93. The highest BCUT2D eigenvalue weighted by Gasteiger charge is 2.29. The number of hydrogen-bond donors (Lipinski definition) is 1. The number of aryl methyl sites for hydroxylation is 2. The van der Waals surface area contributed by atoms with Crippen molar-refractivity contribution in [3.05, 3.63) is 58.1 Å². The molecule has 8 heteroatoms. The van der Waals surface area contributed by atoms with Gasteiger partial charge >= 0.3 is 0 Å². The Labute approximate surface area is 164 Å². The van der Waals surface area contributed by atoms with Crippen molar-refractivity contribution in [3.8, 4) is 0 Å². The minimum Gasteiger partial charge on any atom is -0.379 e. The molecule has 2 aromatic carbocycles. The first-order valence-corrected chi connectivity index (χ1v) is 10.4. The fraction of sp³-hybridized carbons (Fsp3) is 0.316. The van der Waals surface area contributed by atoms with Gasteiger partial charge < -0.3 is 10.1 Å². The molecule has 0 atom stereocenters. The van der Waals surface area contributed by atoms with E-state index in [0.29, 0.717) is 18.9 Å². The van der Waals surface area contributed by atoms with Gasteiger partial charge in [-0.05, 0) is 55.3 Å². The van der Waals surface area contributed by atoms with E-state index in [4.69, 9.17) is 16.3 Å². The van der Waals surface area contributed by atoms with Crippen molar-refractivity contribution in [2.24, 2.45) is 0 Å². The first kappa shape index (κ1) is 19.8. The van der Waals surface area contributed by atoms with Crippen LogP contribution in [0.3, 0.4) is 0 Å². The summed E-state index contributed by atoms with van der Waals surface area (Å²) in [4.78, 5) is 12.6. The molecule has 0 aliphatic carbocycles. The van der Waals surface area contributed by atoms with Crippen molar-refractivity contribution in [2.75, 3.05) is 31.6 Å². The van der Waals surface area contributed by atoms with E-state index >= 15 is 0 Å². The van der Waals surface area contributed by atoms with E-state index in [9.17, 15) is 13.2 Å². The average molecular weight is 409 g/mol. The average Bonchev–Trinajstić information content (AvgIpc) is 2.61. The van der Waals surface area contributed by atoms with Crippen LogP contribution >= 0.6 is 11.6 Å². The summed E-state index contributed by atoms with van der Waals surface area (Å²) in [6, 6.07) is 9.98. The van der Waals surface area contributed by atoms with Crippen LogP contribution < -0.4 is 5.32 Å². The normalized spacial score (nSPS) is 15.5. The predicted molar refractivity (Wildman–Crippen MR) is 105 cm³/mol. The highest BCUT2D eigenvalue weighted by Crippen LogP contribution is 2.27. The second-order valence-corrected chi connectivity index (χ2v) is 8.81. The van der Waals surface area contributed by atoms with Crippen molar-refractivity contribution in [1.82, 2.24) is 4.31 Å². The number of sulfonamides is 1. The summed E-state index contributed by atoms with van der Waals surface area (Å²) in [6.45, 7) is 5.08. The van der Waals surface area contributed by atoms with E-state index in [2.05, 4.69) is 5.32 Å². The number of carbonyl (C=O) groups is 1. The van der Waals surface area contributed by atoms with Crippen LogP contribution in [0.4, 0.5) is 5.69 Å². The molecule has 1 heterocycles. The SMILES string of the molecule is Cc1cc(C)cc(NC(=O)c2ccc(Cl)c(S(=O)(=O)N3CCOCC3)c2)c1. The van der Waals surface area contributed by atoms with Crippen LogP contribution in [0.25, 0.3) is 0 Å². The summed E-state index contributed by atoms with van der Waals surface area (Å²) in [5, 5.41) is 2.89. The number of ether oxygens (including phenoxy) is 1. The lowest BCUT2D eigenvalue weighted by Gasteiger charge is -2.26. The molecule has 6 nitrogen and oxygen atoms in total. The highest BCUT2D eigenvalue weighted by atomic mass is 35.5. The monoisotopic (exact) mass is 408 g/mol. The van der Waals surface area contributed by atoms with Gasteiger partial charge in [0.1, 0.15) is 4.90 Å². The molecule has 0 radical (unpaired) electrons. The minimum atomic E-state index is -3.79. The van der Waals surface area contributed by atoms with Crippen LogP contribution in [0.1, 0.15) is 21.5 Å². The van der Waals surface area contributed by atoms with E-state index < -0.39 is 15.9 Å². The minimum absolute atomic E-state index is 0.0702. The fourth-order valence-electron chi connectivity index (χ4n) is 3.02. The molecule has 1 aliphatic rings. The number of morpholine rings is 1. The van der Waals surface area contributed by atoms with E-state index in [0.717, 1.165) is 11.1 Å². The van der Waals surface area contributed by atoms with Crippen molar-refractivity contribution in [1.29, 1.82) is 0 Å². The summed E-state index contributed by atoms with van der Waals surface area (Å²) in [7, 11) is -3.79. The van der Waals surface area contributed by atoms with E-state index in [1.54, 1.807) is 0 Å². The molecule has 0 unspecified atom stereocenters. The Kier molecular flexibility index (Phi) is 5.86. The van der Waals surface area contributed by atoms with Gasteiger partial charge in [0.25, 0.3) is 5.91 Å². The van der Waals surface area contributed by atoms with Crippen LogP contribution in [0.2, 0.25) is 5.02 Å². The van der Waals surface area contributed by atoms with Crippen LogP contribution in [-0.2, 0) is 14.8 Å². The lowest BCUT2D eigenvalue weighted by molar-refractivity contribution is 0.0730. The summed E-state index contributed by atoms with van der Waals surface area (Å²) in [6.07, 6.45) is 0. The molecule has 0 saturated carbocycles. The number of rotatable bonds is 4. The molecule has 3 rings (SSSR count). The standard InChI is InChI=1S/C19H21ClN2O4S/c1-13-9-14(2)11-16(10-13)21-19(23)15-3-4-17(20)18(12-15)27(24,25)22-5-7-26-8-6-22/h3-4,9-12H,5-8H2,1-2H3,(H,21,23). The second kappa shape index (κ2) is 7.98. The number of amides is 1. The van der Waals surface area contributed by atoms with Crippen LogP contribution in [-0.4, -0.2) is 44.9 Å². The molecular weight excluding hydrogens is 388 g/mol. The van der Waals surface area contributed by atoms with Gasteiger partial charge in [-0.25, -0.2) is 8.42 Å². The molecule has 1 amide bonds. The lowest BCUT2D eigenvalue weighted by Crippen LogP contribution is -2.40. The zero-order chi connectivity index (χ0) is 19.6. The Morgan fingerprint density at radius 2 is 1.70 bits per heavy atom. The zero-order valence-electron chi connectivity index (χ0n) is 15.2. The topological polar surface area (TPSA) is 75.7 Å². The lowest BCUT2D eigenvalue weighted by atomic mass is 10.1. The number of hydrogen-bond acceptors (Lipinski definition) is 4. The molecule has 1 N–H and O–H groups in total. The Bertz CT molecular complexity index is 949. The maximum Gasteiger partial charge on any atom is 0.255 e. The molecule has 144 valence electrons. The number of anilines is 1. The van der Waals surface area contributed by atoms with E-state index in [1.165, 1.54) is 22.5 Å². The van der Waals surface area contributed by atoms with Gasteiger partial charge in [0.15, 0.2) is 0 Å². The highest BCUT2D eigenvalue weighted by molar-refractivity contribution is 7.89. The van der Waals surface area contributed by atoms with Gasteiger partial charge in [0.2, 0.25) is 10.0 Å². The molecule has 27 heavy (non-hydrogen) atoms. The van der Waals surface area contributed by atoms with Gasteiger partial charge in [0.05, 0.1) is 18.2 Å². The van der Waals surface area contributed by atoms with E-state index in [1.807, 2.05) is 32.0 Å². The Morgan fingerprint density at radius 1 is 1.07 bits per heavy atom. The van der Waals surface area contributed by atoms with Gasteiger partial charge in [-0.2, -0.15) is 4.31 Å². The van der Waals surface area contributed by atoms with E-state index in [-0.39, 0.29) is 28.6 Å². The molecular formula is C19H21ClN2O4S. The first-order chi connectivity index (χ1) is 12.8. The summed E-state index contributed by atoms with van der Waals surface area (Å²) >= 11 is 6.14. The Hall–Kier alpha value is -1.93. The third kappa shape index (κ3) is 4.50. The van der Waals surface area contributed by atoms with Gasteiger partial charge in [0, 0.05) is 24.3 Å². The third-order valence-corrected chi connectivity index (χ3v) is 6.64. The van der Waals surface area contributed by atoms with Crippen molar-refractivity contribution < 1.29 is 17.9 Å². The van der Waals surface area contributed by atoms with Crippen molar-refractivity contribution in [2.45, 2.75) is 18.7 Å². The number of nitrogens with one attached hydrogen (secondary N) is 1. The summed E-state index contributed by atoms with van der Waals surface area (Å²) in [5.41, 5.74) is 2.93. The molecule has 1 fully saturated rings.